The van der Waals surface area contributed by atoms with E-state index >= 15 is 0 Å². The van der Waals surface area contributed by atoms with Crippen LogP contribution in [0, 0.1) is 12.3 Å². The first-order valence-corrected chi connectivity index (χ1v) is 8.40. The lowest BCUT2D eigenvalue weighted by atomic mass is 9.76. The monoisotopic (exact) mass is 339 g/mol. The lowest BCUT2D eigenvalue weighted by Crippen LogP contribution is -2.28. The van der Waals surface area contributed by atoms with E-state index in [1.165, 1.54) is 0 Å². The van der Waals surface area contributed by atoms with E-state index in [0.29, 0.717) is 17.0 Å². The predicted octanol–water partition coefficient (Wildman–Crippen LogP) is 4.51. The van der Waals surface area contributed by atoms with Crippen LogP contribution in [0.15, 0.2) is 30.5 Å². The minimum atomic E-state index is -0.0507. The lowest BCUT2D eigenvalue weighted by Gasteiger charge is -2.29. The normalized spacial score (nSPS) is 16.4. The molecule has 0 bridgehead atoms. The van der Waals surface area contributed by atoms with Crippen LogP contribution in [0.25, 0.3) is 16.8 Å². The van der Waals surface area contributed by atoms with Crippen molar-refractivity contribution in [3.63, 3.8) is 0 Å². The summed E-state index contributed by atoms with van der Waals surface area (Å²) in [7, 11) is 0. The van der Waals surface area contributed by atoms with Gasteiger partial charge in [0, 0.05) is 23.2 Å². The molecule has 0 unspecified atom stereocenters. The van der Waals surface area contributed by atoms with E-state index in [2.05, 4.69) is 18.9 Å². The van der Waals surface area contributed by atoms with Crippen molar-refractivity contribution in [2.45, 2.75) is 33.6 Å². The molecule has 0 N–H and O–H groups in total. The molecule has 1 aromatic carbocycles. The standard InChI is InChI=1S/C19H18ClN3O/c1-11-17(12-4-6-13(20)7-5-12)18-21-15-8-19(2,3)9-16(24)14(15)10-23(18)22-11/h4-7,10H,8-9H2,1-3H3. The summed E-state index contributed by atoms with van der Waals surface area (Å²) in [6, 6.07) is 7.68. The molecule has 0 saturated carbocycles. The molecule has 3 aromatic rings. The Kier molecular flexibility index (Phi) is 3.29. The molecule has 0 atom stereocenters. The van der Waals surface area contributed by atoms with Gasteiger partial charge in [-0.25, -0.2) is 9.50 Å². The maximum atomic E-state index is 12.4. The average Bonchev–Trinajstić information content (AvgIpc) is 2.80. The number of ketones is 1. The molecule has 0 spiro atoms. The van der Waals surface area contributed by atoms with E-state index in [1.54, 1.807) is 4.52 Å². The molecule has 0 fully saturated rings. The molecule has 0 amide bonds. The third-order valence-corrected chi connectivity index (χ3v) is 4.83. The third kappa shape index (κ3) is 2.42. The molecule has 0 saturated heterocycles. The van der Waals surface area contributed by atoms with E-state index in [1.807, 2.05) is 37.4 Å². The van der Waals surface area contributed by atoms with Crippen molar-refractivity contribution in [1.82, 2.24) is 14.6 Å². The number of rotatable bonds is 1. The number of Topliss-reactive ketones (excluding diaryl/α,β-unsaturated/α-hetero) is 1. The molecule has 24 heavy (non-hydrogen) atoms. The largest absolute Gasteiger partial charge is 0.294 e. The smallest absolute Gasteiger partial charge is 0.166 e. The van der Waals surface area contributed by atoms with Crippen molar-refractivity contribution in [3.05, 3.63) is 52.4 Å². The summed E-state index contributed by atoms with van der Waals surface area (Å²) >= 11 is 6.00. The molecule has 1 aliphatic carbocycles. The molecular weight excluding hydrogens is 322 g/mol. The Morgan fingerprint density at radius 3 is 2.58 bits per heavy atom. The number of carbonyl (C=O) groups excluding carboxylic acids is 1. The van der Waals surface area contributed by atoms with Gasteiger partial charge in [-0.05, 0) is 36.5 Å². The molecular formula is C19H18ClN3O. The van der Waals surface area contributed by atoms with Crippen LogP contribution in [-0.2, 0) is 6.42 Å². The number of aromatic nitrogens is 3. The van der Waals surface area contributed by atoms with Crippen molar-refractivity contribution in [3.8, 4) is 11.1 Å². The van der Waals surface area contributed by atoms with Gasteiger partial charge in [-0.3, -0.25) is 4.79 Å². The van der Waals surface area contributed by atoms with Crippen LogP contribution in [0.2, 0.25) is 5.02 Å². The second kappa shape index (κ2) is 5.15. The van der Waals surface area contributed by atoms with Crippen molar-refractivity contribution < 1.29 is 4.79 Å². The molecule has 2 heterocycles. The van der Waals surface area contributed by atoms with E-state index in [4.69, 9.17) is 16.6 Å². The fourth-order valence-corrected chi connectivity index (χ4v) is 3.61. The number of nitrogens with zero attached hydrogens (tertiary/aromatic N) is 3. The maximum absolute atomic E-state index is 12.4. The summed E-state index contributed by atoms with van der Waals surface area (Å²) in [6.45, 7) is 6.19. The van der Waals surface area contributed by atoms with Crippen LogP contribution in [0.1, 0.15) is 42.0 Å². The first-order valence-electron chi connectivity index (χ1n) is 8.02. The Morgan fingerprint density at radius 1 is 1.17 bits per heavy atom. The fourth-order valence-electron chi connectivity index (χ4n) is 3.49. The fraction of sp³-hybridized carbons (Fsp3) is 0.316. The first kappa shape index (κ1) is 15.3. The summed E-state index contributed by atoms with van der Waals surface area (Å²) in [4.78, 5) is 17.3. The number of carbonyl (C=O) groups is 1. The minimum absolute atomic E-state index is 0.0507. The topological polar surface area (TPSA) is 47.3 Å². The van der Waals surface area contributed by atoms with Crippen LogP contribution in [0.5, 0.6) is 0 Å². The second-order valence-corrected chi connectivity index (χ2v) is 7.71. The molecule has 2 aromatic heterocycles. The summed E-state index contributed by atoms with van der Waals surface area (Å²) in [5, 5.41) is 5.26. The number of hydrogen-bond acceptors (Lipinski definition) is 3. The van der Waals surface area contributed by atoms with Crippen molar-refractivity contribution >= 4 is 23.0 Å². The Hall–Kier alpha value is -2.20. The number of halogens is 1. The van der Waals surface area contributed by atoms with Crippen LogP contribution < -0.4 is 0 Å². The highest BCUT2D eigenvalue weighted by atomic mass is 35.5. The first-order chi connectivity index (χ1) is 11.3. The predicted molar refractivity (Wildman–Crippen MR) is 94.6 cm³/mol. The zero-order valence-electron chi connectivity index (χ0n) is 13.9. The Balaban J connectivity index is 1.95. The Bertz CT molecular complexity index is 970. The number of hydrogen-bond donors (Lipinski definition) is 0. The third-order valence-electron chi connectivity index (χ3n) is 4.58. The zero-order valence-corrected chi connectivity index (χ0v) is 14.7. The van der Waals surface area contributed by atoms with Gasteiger partial charge >= 0.3 is 0 Å². The van der Waals surface area contributed by atoms with Gasteiger partial charge in [-0.1, -0.05) is 37.6 Å². The van der Waals surface area contributed by atoms with Gasteiger partial charge in [0.1, 0.15) is 0 Å². The number of aryl methyl sites for hydroxylation is 1. The molecule has 0 aliphatic heterocycles. The summed E-state index contributed by atoms with van der Waals surface area (Å²) in [6.07, 6.45) is 3.19. The van der Waals surface area contributed by atoms with E-state index in [9.17, 15) is 4.79 Å². The molecule has 122 valence electrons. The van der Waals surface area contributed by atoms with Crippen molar-refractivity contribution in [2.75, 3.05) is 0 Å². The van der Waals surface area contributed by atoms with E-state index < -0.39 is 0 Å². The van der Waals surface area contributed by atoms with Gasteiger partial charge < -0.3 is 0 Å². The highest BCUT2D eigenvalue weighted by molar-refractivity contribution is 6.30. The molecule has 4 nitrogen and oxygen atoms in total. The van der Waals surface area contributed by atoms with Crippen molar-refractivity contribution in [2.24, 2.45) is 5.41 Å². The number of benzene rings is 1. The SMILES string of the molecule is Cc1nn2cc3c(nc2c1-c1ccc(Cl)cc1)CC(C)(C)CC3=O. The molecule has 1 aliphatic rings. The zero-order chi connectivity index (χ0) is 17.1. The van der Waals surface area contributed by atoms with Crippen LogP contribution in [-0.4, -0.2) is 20.4 Å². The average molecular weight is 340 g/mol. The quantitative estimate of drug-likeness (QED) is 0.655. The minimum Gasteiger partial charge on any atom is -0.294 e. The van der Waals surface area contributed by atoms with Crippen molar-refractivity contribution in [1.29, 1.82) is 0 Å². The molecule has 4 rings (SSSR count). The van der Waals surface area contributed by atoms with Crippen LogP contribution in [0.3, 0.4) is 0 Å². The van der Waals surface area contributed by atoms with Gasteiger partial charge in [-0.2, -0.15) is 5.10 Å². The highest BCUT2D eigenvalue weighted by Crippen LogP contribution is 2.35. The van der Waals surface area contributed by atoms with E-state index in [-0.39, 0.29) is 11.2 Å². The highest BCUT2D eigenvalue weighted by Gasteiger charge is 2.33. The maximum Gasteiger partial charge on any atom is 0.166 e. The van der Waals surface area contributed by atoms with Gasteiger partial charge in [0.15, 0.2) is 11.4 Å². The van der Waals surface area contributed by atoms with Crippen LogP contribution >= 0.6 is 11.6 Å². The van der Waals surface area contributed by atoms with E-state index in [0.717, 1.165) is 34.6 Å². The Morgan fingerprint density at radius 2 is 1.88 bits per heavy atom. The summed E-state index contributed by atoms with van der Waals surface area (Å²) < 4.78 is 1.73. The van der Waals surface area contributed by atoms with Gasteiger partial charge in [-0.15, -0.1) is 0 Å². The van der Waals surface area contributed by atoms with Crippen LogP contribution in [0.4, 0.5) is 0 Å². The second-order valence-electron chi connectivity index (χ2n) is 7.28. The van der Waals surface area contributed by atoms with Gasteiger partial charge in [0.05, 0.1) is 17.0 Å². The molecule has 5 heteroatoms. The lowest BCUT2D eigenvalue weighted by molar-refractivity contribution is 0.0909. The summed E-state index contributed by atoms with van der Waals surface area (Å²) in [5.74, 6) is 0.150. The number of fused-ring (bicyclic) bond motifs is 2. The Labute approximate surface area is 145 Å². The summed E-state index contributed by atoms with van der Waals surface area (Å²) in [5.41, 5.74) is 5.22. The van der Waals surface area contributed by atoms with Gasteiger partial charge in [0.25, 0.3) is 0 Å². The van der Waals surface area contributed by atoms with Gasteiger partial charge in [0.2, 0.25) is 0 Å². The molecule has 0 radical (unpaired) electrons.